The number of rotatable bonds is 6. The van der Waals surface area contributed by atoms with Crippen molar-refractivity contribution in [2.24, 2.45) is 0 Å². The van der Waals surface area contributed by atoms with Gasteiger partial charge in [-0.25, -0.2) is 18.4 Å². The molecule has 3 heterocycles. The molecule has 0 N–H and O–H groups in total. The Balaban J connectivity index is 1.31. The Kier molecular flexibility index (Phi) is 5.26. The molecular formula is C22H29N5O3S. The molecule has 0 unspecified atom stereocenters. The highest BCUT2D eigenvalue weighted by molar-refractivity contribution is 7.89. The summed E-state index contributed by atoms with van der Waals surface area (Å²) in [5.74, 6) is 2.64. The van der Waals surface area contributed by atoms with Gasteiger partial charge in [0.2, 0.25) is 10.0 Å². The second kappa shape index (κ2) is 7.94. The summed E-state index contributed by atoms with van der Waals surface area (Å²) in [6.07, 6.45) is 6.31. The summed E-state index contributed by atoms with van der Waals surface area (Å²) in [6.45, 7) is 1.67. The third-order valence-corrected chi connectivity index (χ3v) is 8.31. The number of aromatic nitrogens is 2. The number of hydrogen-bond acceptors (Lipinski definition) is 7. The van der Waals surface area contributed by atoms with Crippen molar-refractivity contribution < 1.29 is 13.2 Å². The van der Waals surface area contributed by atoms with Crippen molar-refractivity contribution in [1.82, 2.24) is 14.3 Å². The minimum absolute atomic E-state index is 0.289. The van der Waals surface area contributed by atoms with Crippen LogP contribution in [-0.4, -0.2) is 68.6 Å². The number of sulfonamides is 1. The van der Waals surface area contributed by atoms with Crippen LogP contribution < -0.4 is 14.5 Å². The van der Waals surface area contributed by atoms with Crippen molar-refractivity contribution >= 4 is 21.7 Å². The number of hydrogen-bond donors (Lipinski definition) is 0. The van der Waals surface area contributed by atoms with Crippen LogP contribution >= 0.6 is 0 Å². The second-order valence-electron chi connectivity index (χ2n) is 8.77. The average Bonchev–Trinajstić information content (AvgIpc) is 3.49. The average molecular weight is 444 g/mol. The summed E-state index contributed by atoms with van der Waals surface area (Å²) in [5, 5.41) is 0. The highest BCUT2D eigenvalue weighted by Gasteiger charge is 2.38. The molecule has 2 aliphatic heterocycles. The lowest BCUT2D eigenvalue weighted by atomic mass is 10.0. The van der Waals surface area contributed by atoms with Gasteiger partial charge >= 0.3 is 0 Å². The normalized spacial score (nSPS) is 19.7. The van der Waals surface area contributed by atoms with Crippen molar-refractivity contribution in [3.63, 3.8) is 0 Å². The number of piperidine rings is 1. The summed E-state index contributed by atoms with van der Waals surface area (Å²) < 4.78 is 33.6. The van der Waals surface area contributed by atoms with Gasteiger partial charge in [0.15, 0.2) is 0 Å². The van der Waals surface area contributed by atoms with Crippen molar-refractivity contribution in [3.8, 4) is 5.75 Å². The molecule has 5 rings (SSSR count). The first-order chi connectivity index (χ1) is 14.9. The van der Waals surface area contributed by atoms with E-state index in [1.165, 1.54) is 0 Å². The van der Waals surface area contributed by atoms with E-state index in [2.05, 4.69) is 14.9 Å². The molecule has 0 atom stereocenters. The Hall–Kier alpha value is -2.39. The molecule has 0 spiro atoms. The molecule has 1 aromatic heterocycles. The highest BCUT2D eigenvalue weighted by atomic mass is 32.2. The minimum Gasteiger partial charge on any atom is -0.493 e. The maximum atomic E-state index is 13.2. The van der Waals surface area contributed by atoms with Crippen LogP contribution in [0.15, 0.2) is 35.5 Å². The Bertz CT molecular complexity index is 1060. The molecule has 0 radical (unpaired) electrons. The monoisotopic (exact) mass is 443 g/mol. The number of benzene rings is 1. The summed E-state index contributed by atoms with van der Waals surface area (Å²) in [7, 11) is 0.455. The molecule has 1 aromatic carbocycles. The highest BCUT2D eigenvalue weighted by Crippen LogP contribution is 2.37. The summed E-state index contributed by atoms with van der Waals surface area (Å²) in [6, 6.07) is 8.06. The van der Waals surface area contributed by atoms with Crippen molar-refractivity contribution in [3.05, 3.63) is 36.2 Å². The minimum atomic E-state index is -3.49. The predicted molar refractivity (Wildman–Crippen MR) is 119 cm³/mol. The van der Waals surface area contributed by atoms with Crippen molar-refractivity contribution in [2.75, 3.05) is 43.6 Å². The van der Waals surface area contributed by atoms with E-state index in [4.69, 9.17) is 4.74 Å². The van der Waals surface area contributed by atoms with E-state index in [0.29, 0.717) is 30.6 Å². The smallest absolute Gasteiger partial charge is 0.243 e. The van der Waals surface area contributed by atoms with E-state index in [9.17, 15) is 8.42 Å². The van der Waals surface area contributed by atoms with Gasteiger partial charge in [-0.05, 0) is 49.4 Å². The summed E-state index contributed by atoms with van der Waals surface area (Å²) >= 11 is 0. The van der Waals surface area contributed by atoms with E-state index in [1.807, 2.05) is 25.1 Å². The summed E-state index contributed by atoms with van der Waals surface area (Å²) in [5.41, 5.74) is 0.983. The van der Waals surface area contributed by atoms with Gasteiger partial charge in [0, 0.05) is 51.8 Å². The van der Waals surface area contributed by atoms with Crippen LogP contribution in [0.3, 0.4) is 0 Å². The number of fused-ring (bicyclic) bond motifs is 1. The molecule has 1 aliphatic carbocycles. The van der Waals surface area contributed by atoms with Gasteiger partial charge in [-0.15, -0.1) is 0 Å². The summed E-state index contributed by atoms with van der Waals surface area (Å²) in [4.78, 5) is 13.7. The van der Waals surface area contributed by atoms with Crippen molar-refractivity contribution in [2.45, 2.75) is 49.1 Å². The largest absolute Gasteiger partial charge is 0.493 e. The van der Waals surface area contributed by atoms with E-state index in [-0.39, 0.29) is 6.04 Å². The lowest BCUT2D eigenvalue weighted by Gasteiger charge is -2.39. The maximum absolute atomic E-state index is 13.2. The fourth-order valence-corrected chi connectivity index (χ4v) is 6.10. The quantitative estimate of drug-likeness (QED) is 0.678. The Morgan fingerprint density at radius 2 is 1.71 bits per heavy atom. The van der Waals surface area contributed by atoms with E-state index in [0.717, 1.165) is 55.1 Å². The topological polar surface area (TPSA) is 78.9 Å². The lowest BCUT2D eigenvalue weighted by molar-refractivity contribution is 0.308. The third kappa shape index (κ3) is 3.96. The first kappa shape index (κ1) is 20.5. The molecule has 8 nitrogen and oxygen atoms in total. The molecule has 0 amide bonds. The van der Waals surface area contributed by atoms with E-state index in [1.54, 1.807) is 28.8 Å². The zero-order valence-electron chi connectivity index (χ0n) is 18.1. The van der Waals surface area contributed by atoms with Gasteiger partial charge in [-0.2, -0.15) is 4.31 Å². The maximum Gasteiger partial charge on any atom is 0.243 e. The van der Waals surface area contributed by atoms with E-state index >= 15 is 0 Å². The number of ether oxygens (including phenoxy) is 1. The van der Waals surface area contributed by atoms with Gasteiger partial charge in [-0.1, -0.05) is 0 Å². The van der Waals surface area contributed by atoms with Gasteiger partial charge in [0.1, 0.15) is 23.7 Å². The third-order valence-electron chi connectivity index (χ3n) is 6.42. The molecule has 166 valence electrons. The zero-order chi connectivity index (χ0) is 21.6. The van der Waals surface area contributed by atoms with Gasteiger partial charge < -0.3 is 14.5 Å². The molecule has 31 heavy (non-hydrogen) atoms. The molecule has 3 aliphatic rings. The Labute approximate surface area is 183 Å². The molecule has 9 heteroatoms. The second-order valence-corrected chi connectivity index (χ2v) is 10.7. The Morgan fingerprint density at radius 3 is 2.42 bits per heavy atom. The van der Waals surface area contributed by atoms with Crippen LogP contribution in [0.5, 0.6) is 5.75 Å². The zero-order valence-corrected chi connectivity index (χ0v) is 18.9. The molecule has 1 saturated carbocycles. The molecular weight excluding hydrogens is 414 g/mol. The van der Waals surface area contributed by atoms with Crippen LogP contribution in [0.1, 0.15) is 31.2 Å². The van der Waals surface area contributed by atoms with Crippen LogP contribution in [0.2, 0.25) is 0 Å². The SMILES string of the molecule is CN(C)c1cc(N(C2CC2)C2CCN(S(=O)(=O)c3ccc4c(c3)CCO4)CC2)ncn1. The van der Waals surface area contributed by atoms with E-state index < -0.39 is 10.0 Å². The molecule has 2 fully saturated rings. The van der Waals surface area contributed by atoms with Crippen molar-refractivity contribution in [1.29, 1.82) is 0 Å². The predicted octanol–water partition coefficient (Wildman–Crippen LogP) is 2.30. The fourth-order valence-electron chi connectivity index (χ4n) is 4.58. The van der Waals surface area contributed by atoms with Gasteiger partial charge in [0.25, 0.3) is 0 Å². The molecule has 0 bridgehead atoms. The van der Waals surface area contributed by atoms with Gasteiger partial charge in [-0.3, -0.25) is 0 Å². The number of nitrogens with zero attached hydrogens (tertiary/aromatic N) is 5. The first-order valence-corrected chi connectivity index (χ1v) is 12.4. The first-order valence-electron chi connectivity index (χ1n) is 11.0. The fraction of sp³-hybridized carbons (Fsp3) is 0.545. The van der Waals surface area contributed by atoms with Crippen LogP contribution in [-0.2, 0) is 16.4 Å². The van der Waals surface area contributed by atoms with Crippen LogP contribution in [0.25, 0.3) is 0 Å². The molecule has 2 aromatic rings. The lowest BCUT2D eigenvalue weighted by Crippen LogP contribution is -2.48. The number of anilines is 2. The molecule has 1 saturated heterocycles. The van der Waals surface area contributed by atoms with Gasteiger partial charge in [0.05, 0.1) is 11.5 Å². The van der Waals surface area contributed by atoms with Crippen LogP contribution in [0, 0.1) is 0 Å². The Morgan fingerprint density at radius 1 is 1.00 bits per heavy atom. The van der Waals surface area contributed by atoms with Crippen LogP contribution in [0.4, 0.5) is 11.6 Å². The standard InChI is InChI=1S/C22H29N5O3S/c1-25(2)21-14-22(24-15-23-21)27(17-3-4-17)18-7-10-26(11-8-18)31(28,29)19-5-6-20-16(13-19)9-12-30-20/h5-6,13-15,17-18H,3-4,7-12H2,1-2H3.